The van der Waals surface area contributed by atoms with Crippen LogP contribution in [0.5, 0.6) is 0 Å². The molecule has 2 aliphatic carbocycles. The van der Waals surface area contributed by atoms with Gasteiger partial charge < -0.3 is 19.7 Å². The topological polar surface area (TPSA) is 50.8 Å². The molecule has 0 aromatic heterocycles. The van der Waals surface area contributed by atoms with E-state index in [1.807, 2.05) is 11.9 Å². The van der Waals surface area contributed by atoms with Crippen LogP contribution in [0.2, 0.25) is 0 Å². The molecule has 5 nitrogen and oxygen atoms in total. The fraction of sp³-hybridized carbons (Fsp3) is 0.933. The SMILES string of the molecule is CCOC1CC(N(C)C(=O)NCCOC)C12CCCC2. The summed E-state index contributed by atoms with van der Waals surface area (Å²) >= 11 is 0. The minimum Gasteiger partial charge on any atom is -0.383 e. The molecule has 1 N–H and O–H groups in total. The van der Waals surface area contributed by atoms with Crippen LogP contribution in [0.25, 0.3) is 0 Å². The average molecular weight is 284 g/mol. The van der Waals surface area contributed by atoms with Crippen LogP contribution in [-0.2, 0) is 9.47 Å². The smallest absolute Gasteiger partial charge is 0.317 e. The molecule has 20 heavy (non-hydrogen) atoms. The largest absolute Gasteiger partial charge is 0.383 e. The number of carbonyl (C=O) groups excluding carboxylic acids is 1. The van der Waals surface area contributed by atoms with Gasteiger partial charge in [0.05, 0.1) is 12.7 Å². The lowest BCUT2D eigenvalue weighted by atomic mass is 9.60. The summed E-state index contributed by atoms with van der Waals surface area (Å²) < 4.78 is 10.9. The van der Waals surface area contributed by atoms with E-state index in [1.54, 1.807) is 7.11 Å². The summed E-state index contributed by atoms with van der Waals surface area (Å²) in [5, 5.41) is 2.91. The van der Waals surface area contributed by atoms with E-state index in [-0.39, 0.29) is 11.4 Å². The van der Waals surface area contributed by atoms with E-state index in [9.17, 15) is 4.79 Å². The summed E-state index contributed by atoms with van der Waals surface area (Å²) in [7, 11) is 3.55. The van der Waals surface area contributed by atoms with Crippen LogP contribution >= 0.6 is 0 Å². The van der Waals surface area contributed by atoms with Crippen molar-refractivity contribution < 1.29 is 14.3 Å². The third kappa shape index (κ3) is 2.79. The van der Waals surface area contributed by atoms with Gasteiger partial charge in [-0.15, -0.1) is 0 Å². The Balaban J connectivity index is 1.92. The minimum atomic E-state index is 0.00766. The number of methoxy groups -OCH3 is 1. The Bertz CT molecular complexity index is 329. The van der Waals surface area contributed by atoms with Crippen LogP contribution in [0.3, 0.4) is 0 Å². The molecule has 0 aromatic rings. The van der Waals surface area contributed by atoms with Gasteiger partial charge in [-0.1, -0.05) is 12.8 Å². The summed E-state index contributed by atoms with van der Waals surface area (Å²) in [4.78, 5) is 14.1. The van der Waals surface area contributed by atoms with Gasteiger partial charge >= 0.3 is 6.03 Å². The molecule has 0 aromatic carbocycles. The predicted molar refractivity (Wildman–Crippen MR) is 77.8 cm³/mol. The van der Waals surface area contributed by atoms with Gasteiger partial charge in [0, 0.05) is 38.8 Å². The van der Waals surface area contributed by atoms with Gasteiger partial charge in [0.1, 0.15) is 0 Å². The maximum absolute atomic E-state index is 12.2. The molecule has 2 amide bonds. The highest BCUT2D eigenvalue weighted by molar-refractivity contribution is 5.74. The van der Waals surface area contributed by atoms with E-state index in [2.05, 4.69) is 12.2 Å². The lowest BCUT2D eigenvalue weighted by molar-refractivity contribution is -0.151. The Hall–Kier alpha value is -0.810. The monoisotopic (exact) mass is 284 g/mol. The van der Waals surface area contributed by atoms with Crippen LogP contribution in [0.1, 0.15) is 39.0 Å². The van der Waals surface area contributed by atoms with E-state index in [0.29, 0.717) is 25.3 Å². The summed E-state index contributed by atoms with van der Waals surface area (Å²) in [5.74, 6) is 0. The molecule has 5 heteroatoms. The molecule has 0 heterocycles. The van der Waals surface area contributed by atoms with Crippen LogP contribution in [0, 0.1) is 5.41 Å². The third-order valence-corrected chi connectivity index (χ3v) is 5.01. The van der Waals surface area contributed by atoms with Crippen molar-refractivity contribution in [3.63, 3.8) is 0 Å². The number of urea groups is 1. The maximum atomic E-state index is 12.2. The van der Waals surface area contributed by atoms with Crippen LogP contribution in [0.4, 0.5) is 4.79 Å². The van der Waals surface area contributed by atoms with E-state index in [4.69, 9.17) is 9.47 Å². The molecule has 2 saturated carbocycles. The summed E-state index contributed by atoms with van der Waals surface area (Å²) in [6.07, 6.45) is 6.23. The number of ether oxygens (including phenoxy) is 2. The molecule has 2 unspecified atom stereocenters. The second kappa shape index (κ2) is 6.76. The molecule has 2 rings (SSSR count). The molecular formula is C15H28N2O3. The van der Waals surface area contributed by atoms with Crippen LogP contribution in [0.15, 0.2) is 0 Å². The van der Waals surface area contributed by atoms with Gasteiger partial charge in [0.2, 0.25) is 0 Å². The predicted octanol–water partition coefficient (Wildman–Crippen LogP) is 2.01. The molecule has 2 atom stereocenters. The van der Waals surface area contributed by atoms with E-state index >= 15 is 0 Å². The number of hydrogen-bond acceptors (Lipinski definition) is 3. The zero-order chi connectivity index (χ0) is 14.6. The fourth-order valence-electron chi connectivity index (χ4n) is 3.92. The van der Waals surface area contributed by atoms with Crippen LogP contribution < -0.4 is 5.32 Å². The molecular weight excluding hydrogens is 256 g/mol. The number of carbonyl (C=O) groups is 1. The lowest BCUT2D eigenvalue weighted by Gasteiger charge is -2.56. The van der Waals surface area contributed by atoms with E-state index < -0.39 is 0 Å². The first-order valence-electron chi connectivity index (χ1n) is 7.77. The Morgan fingerprint density at radius 2 is 2.10 bits per heavy atom. The Labute approximate surface area is 122 Å². The zero-order valence-corrected chi connectivity index (χ0v) is 13.0. The average Bonchev–Trinajstić information content (AvgIpc) is 2.95. The van der Waals surface area contributed by atoms with Crippen molar-refractivity contribution in [1.29, 1.82) is 0 Å². The Morgan fingerprint density at radius 3 is 2.70 bits per heavy atom. The molecule has 0 saturated heterocycles. The number of nitrogens with one attached hydrogen (secondary N) is 1. The fourth-order valence-corrected chi connectivity index (χ4v) is 3.92. The maximum Gasteiger partial charge on any atom is 0.317 e. The second-order valence-corrected chi connectivity index (χ2v) is 5.97. The van der Waals surface area contributed by atoms with Crippen molar-refractivity contribution in [3.8, 4) is 0 Å². The van der Waals surface area contributed by atoms with Gasteiger partial charge in [0.25, 0.3) is 0 Å². The normalized spacial score (nSPS) is 27.4. The number of rotatable bonds is 6. The first kappa shape index (κ1) is 15.6. The van der Waals surface area contributed by atoms with E-state index in [1.165, 1.54) is 25.7 Å². The molecule has 0 aliphatic heterocycles. The molecule has 2 fully saturated rings. The first-order valence-corrected chi connectivity index (χ1v) is 7.77. The quantitative estimate of drug-likeness (QED) is 0.759. The Morgan fingerprint density at radius 1 is 1.40 bits per heavy atom. The van der Waals surface area contributed by atoms with Gasteiger partial charge in [-0.25, -0.2) is 4.79 Å². The van der Waals surface area contributed by atoms with Crippen LogP contribution in [-0.4, -0.2) is 57.0 Å². The molecule has 116 valence electrons. The summed E-state index contributed by atoms with van der Waals surface area (Å²) in [5.41, 5.74) is 0.212. The van der Waals surface area contributed by atoms with Gasteiger partial charge in [0.15, 0.2) is 0 Å². The standard InChI is InChI=1S/C15H28N2O3/c1-4-20-13-11-12(15(13)7-5-6-8-15)17(2)14(18)16-9-10-19-3/h12-13H,4-11H2,1-3H3,(H,16,18). The van der Waals surface area contributed by atoms with Crippen molar-refractivity contribution in [2.24, 2.45) is 5.41 Å². The van der Waals surface area contributed by atoms with Gasteiger partial charge in [-0.2, -0.15) is 0 Å². The molecule has 1 spiro atoms. The Kier molecular flexibility index (Phi) is 5.27. The summed E-state index contributed by atoms with van der Waals surface area (Å²) in [6, 6.07) is 0.331. The molecule has 2 aliphatic rings. The van der Waals surface area contributed by atoms with Crippen molar-refractivity contribution in [2.75, 3.05) is 33.9 Å². The highest BCUT2D eigenvalue weighted by Crippen LogP contribution is 2.56. The lowest BCUT2D eigenvalue weighted by Crippen LogP contribution is -2.65. The number of amides is 2. The zero-order valence-electron chi connectivity index (χ0n) is 13.0. The van der Waals surface area contributed by atoms with Crippen molar-refractivity contribution in [2.45, 2.75) is 51.2 Å². The molecule has 0 radical (unpaired) electrons. The second-order valence-electron chi connectivity index (χ2n) is 5.97. The highest BCUT2D eigenvalue weighted by atomic mass is 16.5. The number of hydrogen-bond donors (Lipinski definition) is 1. The van der Waals surface area contributed by atoms with Crippen molar-refractivity contribution in [1.82, 2.24) is 10.2 Å². The summed E-state index contributed by atoms with van der Waals surface area (Å²) in [6.45, 7) is 3.94. The van der Waals surface area contributed by atoms with Gasteiger partial charge in [-0.3, -0.25) is 0 Å². The van der Waals surface area contributed by atoms with Crippen molar-refractivity contribution >= 4 is 6.03 Å². The van der Waals surface area contributed by atoms with Gasteiger partial charge in [-0.05, 0) is 26.2 Å². The highest BCUT2D eigenvalue weighted by Gasteiger charge is 2.58. The van der Waals surface area contributed by atoms with Crippen molar-refractivity contribution in [3.05, 3.63) is 0 Å². The minimum absolute atomic E-state index is 0.00766. The number of nitrogens with zero attached hydrogens (tertiary/aromatic N) is 1. The first-order chi connectivity index (χ1) is 9.65. The third-order valence-electron chi connectivity index (χ3n) is 5.01. The molecule has 0 bridgehead atoms. The van der Waals surface area contributed by atoms with E-state index in [0.717, 1.165) is 13.0 Å².